The van der Waals surface area contributed by atoms with Crippen molar-refractivity contribution in [2.75, 3.05) is 0 Å². The average molecular weight is 598 g/mol. The van der Waals surface area contributed by atoms with E-state index in [9.17, 15) is 9.59 Å². The lowest BCUT2D eigenvalue weighted by Crippen LogP contribution is -2.41. The van der Waals surface area contributed by atoms with Gasteiger partial charge in [0.25, 0.3) is 0 Å². The van der Waals surface area contributed by atoms with Gasteiger partial charge in [-0.2, -0.15) is 0 Å². The molecular weight excluding hydrogens is 567 g/mol. The fraction of sp³-hybridized carbons (Fsp3) is 0.167. The molecule has 0 bridgehead atoms. The van der Waals surface area contributed by atoms with E-state index in [2.05, 4.69) is 9.97 Å². The molecule has 0 unspecified atom stereocenters. The third-order valence-electron chi connectivity index (χ3n) is 8.01. The fourth-order valence-electron chi connectivity index (χ4n) is 4.78. The zero-order valence-corrected chi connectivity index (χ0v) is 25.4. The second-order valence-electron chi connectivity index (χ2n) is 11.7. The van der Waals surface area contributed by atoms with Crippen molar-refractivity contribution in [3.05, 3.63) is 127 Å². The zero-order valence-electron chi connectivity index (χ0n) is 25.4. The second kappa shape index (κ2) is 12.1. The number of pyridine rings is 2. The number of hydrogen-bond acceptors (Lipinski definition) is 8. The molecule has 0 N–H and O–H groups in total. The summed E-state index contributed by atoms with van der Waals surface area (Å²) in [6.07, 6.45) is 3.43. The predicted molar refractivity (Wildman–Crippen MR) is 171 cm³/mol. The van der Waals surface area contributed by atoms with Crippen molar-refractivity contribution in [2.24, 2.45) is 0 Å². The molecule has 1 aliphatic heterocycles. The van der Waals surface area contributed by atoms with Gasteiger partial charge in [0.2, 0.25) is 0 Å². The quantitative estimate of drug-likeness (QED) is 0.118. The van der Waals surface area contributed by atoms with E-state index in [1.54, 1.807) is 48.8 Å². The van der Waals surface area contributed by atoms with E-state index in [0.717, 1.165) is 22.5 Å². The Morgan fingerprint density at radius 1 is 0.600 bits per heavy atom. The number of ether oxygens (including phenoxy) is 2. The van der Waals surface area contributed by atoms with Crippen LogP contribution in [0.15, 0.2) is 116 Å². The molecule has 224 valence electrons. The highest BCUT2D eigenvalue weighted by Crippen LogP contribution is 2.37. The lowest BCUT2D eigenvalue weighted by molar-refractivity contribution is 0.00578. The normalized spacial score (nSPS) is 15.0. The van der Waals surface area contributed by atoms with Crippen molar-refractivity contribution in [3.8, 4) is 34.0 Å². The Morgan fingerprint density at radius 3 is 1.40 bits per heavy atom. The van der Waals surface area contributed by atoms with Crippen LogP contribution in [0.4, 0.5) is 0 Å². The second-order valence-corrected chi connectivity index (χ2v) is 11.7. The Labute approximate surface area is 262 Å². The minimum absolute atomic E-state index is 0.175. The maximum absolute atomic E-state index is 13.2. The average Bonchev–Trinajstić information content (AvgIpc) is 3.28. The minimum atomic E-state index is -0.776. The van der Waals surface area contributed by atoms with Gasteiger partial charge in [-0.15, -0.1) is 0 Å². The molecule has 0 amide bonds. The Kier molecular flexibility index (Phi) is 8.06. The molecular formula is C36H31BN2O6. The van der Waals surface area contributed by atoms with Crippen molar-refractivity contribution < 1.29 is 28.4 Å². The van der Waals surface area contributed by atoms with Crippen LogP contribution in [0.3, 0.4) is 0 Å². The van der Waals surface area contributed by atoms with Crippen LogP contribution in [-0.4, -0.2) is 40.2 Å². The van der Waals surface area contributed by atoms with Gasteiger partial charge in [0, 0.05) is 29.6 Å². The third kappa shape index (κ3) is 6.55. The van der Waals surface area contributed by atoms with Crippen LogP contribution in [0.25, 0.3) is 22.5 Å². The standard InChI is InChI=1S/C36H31BN2O6/c1-35(2)36(3,4)45-37(44-35)28-21-29(42-33(40)26-15-11-24(12-16-26)31-9-5-7-19-38-31)23-30(22-28)43-34(41)27-17-13-25(14-18-27)32-10-6-8-20-39-32/h5-23H,1-4H3. The van der Waals surface area contributed by atoms with Crippen LogP contribution in [-0.2, 0) is 9.31 Å². The summed E-state index contributed by atoms with van der Waals surface area (Å²) in [5.74, 6) is -0.796. The van der Waals surface area contributed by atoms with Crippen molar-refractivity contribution in [3.63, 3.8) is 0 Å². The maximum atomic E-state index is 13.2. The van der Waals surface area contributed by atoms with E-state index < -0.39 is 30.3 Å². The van der Waals surface area contributed by atoms with E-state index in [-0.39, 0.29) is 11.5 Å². The Bertz CT molecular complexity index is 1700. The summed E-state index contributed by atoms with van der Waals surface area (Å²) in [7, 11) is -0.776. The van der Waals surface area contributed by atoms with Gasteiger partial charge in [-0.3, -0.25) is 9.97 Å². The van der Waals surface area contributed by atoms with E-state index >= 15 is 0 Å². The molecule has 1 saturated heterocycles. The maximum Gasteiger partial charge on any atom is 0.495 e. The van der Waals surface area contributed by atoms with E-state index in [1.807, 2.05) is 88.4 Å². The first-order valence-corrected chi connectivity index (χ1v) is 14.6. The molecule has 0 saturated carbocycles. The van der Waals surface area contributed by atoms with Crippen molar-refractivity contribution in [2.45, 2.75) is 38.9 Å². The number of aromatic nitrogens is 2. The summed E-state index contributed by atoms with van der Waals surface area (Å²) < 4.78 is 24.0. The molecule has 6 rings (SSSR count). The van der Waals surface area contributed by atoms with Gasteiger partial charge in [0.1, 0.15) is 11.5 Å². The summed E-state index contributed by atoms with van der Waals surface area (Å²) in [5, 5.41) is 0. The highest BCUT2D eigenvalue weighted by molar-refractivity contribution is 6.62. The van der Waals surface area contributed by atoms with E-state index in [0.29, 0.717) is 16.6 Å². The summed E-state index contributed by atoms with van der Waals surface area (Å²) >= 11 is 0. The lowest BCUT2D eigenvalue weighted by atomic mass is 9.79. The van der Waals surface area contributed by atoms with Gasteiger partial charge >= 0.3 is 19.1 Å². The predicted octanol–water partition coefficient (Wildman–Crippen LogP) is 6.55. The van der Waals surface area contributed by atoms with Gasteiger partial charge in [-0.25, -0.2) is 9.59 Å². The van der Waals surface area contributed by atoms with Crippen LogP contribution >= 0.6 is 0 Å². The van der Waals surface area contributed by atoms with Crippen molar-refractivity contribution in [1.82, 2.24) is 9.97 Å². The molecule has 0 spiro atoms. The lowest BCUT2D eigenvalue weighted by Gasteiger charge is -2.32. The molecule has 3 aromatic carbocycles. The highest BCUT2D eigenvalue weighted by Gasteiger charge is 2.52. The number of carbonyl (C=O) groups excluding carboxylic acids is 2. The number of benzene rings is 3. The number of rotatable bonds is 7. The van der Waals surface area contributed by atoms with Crippen molar-refractivity contribution in [1.29, 1.82) is 0 Å². The molecule has 2 aromatic heterocycles. The Hall–Kier alpha value is -5.12. The molecule has 8 nitrogen and oxygen atoms in total. The summed E-state index contributed by atoms with van der Waals surface area (Å²) in [5.41, 5.74) is 3.37. The number of hydrogen-bond donors (Lipinski definition) is 0. The van der Waals surface area contributed by atoms with Crippen LogP contribution in [0.2, 0.25) is 0 Å². The van der Waals surface area contributed by atoms with Crippen LogP contribution in [0.5, 0.6) is 11.5 Å². The molecule has 0 atom stereocenters. The van der Waals surface area contributed by atoms with Gasteiger partial charge < -0.3 is 18.8 Å². The first kappa shape index (κ1) is 29.9. The monoisotopic (exact) mass is 598 g/mol. The summed E-state index contributed by atoms with van der Waals surface area (Å²) in [4.78, 5) is 35.1. The largest absolute Gasteiger partial charge is 0.495 e. The van der Waals surface area contributed by atoms with Crippen LogP contribution < -0.4 is 14.9 Å². The molecule has 1 aliphatic rings. The minimum Gasteiger partial charge on any atom is -0.423 e. The SMILES string of the molecule is CC1(C)OB(c2cc(OC(=O)c3ccc(-c4ccccn4)cc3)cc(OC(=O)c3ccc(-c4ccccn4)cc3)c2)OC1(C)C. The van der Waals surface area contributed by atoms with Crippen LogP contribution in [0.1, 0.15) is 48.4 Å². The highest BCUT2D eigenvalue weighted by atomic mass is 16.7. The first-order chi connectivity index (χ1) is 21.6. The molecule has 45 heavy (non-hydrogen) atoms. The Balaban J connectivity index is 1.25. The number of carbonyl (C=O) groups is 2. The van der Waals surface area contributed by atoms with Gasteiger partial charge in [-0.1, -0.05) is 36.4 Å². The molecule has 3 heterocycles. The van der Waals surface area contributed by atoms with Gasteiger partial charge in [-0.05, 0) is 93.8 Å². The molecule has 0 aliphatic carbocycles. The topological polar surface area (TPSA) is 96.8 Å². The first-order valence-electron chi connectivity index (χ1n) is 14.6. The van der Waals surface area contributed by atoms with Crippen molar-refractivity contribution >= 4 is 24.5 Å². The number of nitrogens with zero attached hydrogens (tertiary/aromatic N) is 2. The van der Waals surface area contributed by atoms with E-state index in [1.165, 1.54) is 6.07 Å². The molecule has 0 radical (unpaired) electrons. The number of esters is 2. The smallest absolute Gasteiger partial charge is 0.423 e. The van der Waals surface area contributed by atoms with Gasteiger partial charge in [0.15, 0.2) is 0 Å². The summed E-state index contributed by atoms with van der Waals surface area (Å²) in [6.45, 7) is 7.78. The zero-order chi connectivity index (χ0) is 31.6. The molecule has 5 aromatic rings. The van der Waals surface area contributed by atoms with E-state index in [4.69, 9.17) is 18.8 Å². The Morgan fingerprint density at radius 2 is 1.02 bits per heavy atom. The third-order valence-corrected chi connectivity index (χ3v) is 8.01. The fourth-order valence-corrected chi connectivity index (χ4v) is 4.78. The molecule has 9 heteroatoms. The van der Waals surface area contributed by atoms with Gasteiger partial charge in [0.05, 0.1) is 33.7 Å². The summed E-state index contributed by atoms with van der Waals surface area (Å²) in [6, 6.07) is 30.1. The van der Waals surface area contributed by atoms with Crippen LogP contribution in [0, 0.1) is 0 Å². The molecule has 1 fully saturated rings.